The number of nitrogens with two attached hydrogens (primary N) is 1. The van der Waals surface area contributed by atoms with Gasteiger partial charge in [0, 0.05) is 15.6 Å². The molecule has 0 unspecified atom stereocenters. The van der Waals surface area contributed by atoms with Crippen LogP contribution in [-0.4, -0.2) is 27.4 Å². The number of amides is 1. The van der Waals surface area contributed by atoms with E-state index in [0.29, 0.717) is 28.1 Å². The normalized spacial score (nSPS) is 11.2. The monoisotopic (exact) mass is 630 g/mol. The number of primary sulfonamides is 1. The number of para-hydroxylation sites is 2. The number of hydrogen-bond donors (Lipinski definition) is 2. The average molecular weight is 632 g/mol. The van der Waals surface area contributed by atoms with Crippen molar-refractivity contribution in [2.75, 3.05) is 12.4 Å². The molecule has 0 bridgehead atoms. The van der Waals surface area contributed by atoms with Crippen LogP contribution in [0.15, 0.2) is 112 Å². The number of nitrogens with one attached hydrogen (secondary N) is 1. The molecule has 0 spiro atoms. The van der Waals surface area contributed by atoms with Crippen molar-refractivity contribution in [3.05, 3.63) is 119 Å². The maximum Gasteiger partial charge on any atom is 0.341 e. The van der Waals surface area contributed by atoms with Crippen LogP contribution in [-0.2, 0) is 14.8 Å². The molecule has 0 aliphatic heterocycles. The van der Waals surface area contributed by atoms with Crippen LogP contribution in [0, 0.1) is 0 Å². The van der Waals surface area contributed by atoms with Gasteiger partial charge in [0.15, 0.2) is 5.75 Å². The van der Waals surface area contributed by atoms with E-state index in [2.05, 4.69) is 21.2 Å². The molecule has 5 aromatic rings. The zero-order valence-corrected chi connectivity index (χ0v) is 24.0. The summed E-state index contributed by atoms with van der Waals surface area (Å²) < 4.78 is 36.0. The number of benzene rings is 5. The smallest absolute Gasteiger partial charge is 0.341 e. The van der Waals surface area contributed by atoms with E-state index in [1.54, 1.807) is 78.9 Å². The van der Waals surface area contributed by atoms with Crippen molar-refractivity contribution in [3.63, 3.8) is 0 Å². The van der Waals surface area contributed by atoms with Crippen molar-refractivity contribution in [2.45, 2.75) is 4.90 Å². The highest BCUT2D eigenvalue weighted by atomic mass is 79.9. The zero-order valence-electron chi connectivity index (χ0n) is 21.6. The van der Waals surface area contributed by atoms with E-state index in [0.717, 1.165) is 15.2 Å². The van der Waals surface area contributed by atoms with Gasteiger partial charge in [-0.1, -0.05) is 64.5 Å². The summed E-state index contributed by atoms with van der Waals surface area (Å²) >= 11 is 3.44. The van der Waals surface area contributed by atoms with Crippen LogP contribution >= 0.6 is 15.9 Å². The summed E-state index contributed by atoms with van der Waals surface area (Å²) in [5.41, 5.74) is 1.98. The summed E-state index contributed by atoms with van der Waals surface area (Å²) in [6, 6.07) is 28.8. The summed E-state index contributed by atoms with van der Waals surface area (Å²) in [4.78, 5) is 25.7. The molecule has 5 rings (SSSR count). The Morgan fingerprint density at radius 2 is 1.51 bits per heavy atom. The molecule has 0 heterocycles. The van der Waals surface area contributed by atoms with Crippen LogP contribution in [0.5, 0.6) is 11.5 Å². The van der Waals surface area contributed by atoms with Gasteiger partial charge in [0.1, 0.15) is 11.3 Å². The van der Waals surface area contributed by atoms with E-state index in [-0.39, 0.29) is 16.2 Å². The van der Waals surface area contributed by atoms with Gasteiger partial charge in [-0.15, -0.1) is 0 Å². The molecule has 1 amide bonds. The number of fused-ring (bicyclic) bond motifs is 1. The minimum atomic E-state index is -3.93. The fourth-order valence-electron chi connectivity index (χ4n) is 4.33. The van der Waals surface area contributed by atoms with Gasteiger partial charge in [0.25, 0.3) is 5.91 Å². The second-order valence-electron chi connectivity index (χ2n) is 9.00. The van der Waals surface area contributed by atoms with Gasteiger partial charge in [-0.05, 0) is 70.9 Å². The van der Waals surface area contributed by atoms with Crippen LogP contribution in [0.25, 0.3) is 21.9 Å². The molecule has 41 heavy (non-hydrogen) atoms. The molecule has 0 atom stereocenters. The quantitative estimate of drug-likeness (QED) is 0.192. The Hall–Kier alpha value is -4.51. The van der Waals surface area contributed by atoms with Gasteiger partial charge in [0.2, 0.25) is 10.0 Å². The number of sulfonamides is 1. The zero-order chi connectivity index (χ0) is 29.1. The first-order chi connectivity index (χ1) is 19.6. The van der Waals surface area contributed by atoms with E-state index < -0.39 is 21.9 Å². The number of carbonyl (C=O) groups excluding carboxylic acids is 2. The summed E-state index contributed by atoms with van der Waals surface area (Å²) in [6.07, 6.45) is 0. The molecule has 206 valence electrons. The topological polar surface area (TPSA) is 125 Å². The first kappa shape index (κ1) is 28.0. The highest BCUT2D eigenvalue weighted by Crippen LogP contribution is 2.35. The Labute approximate surface area is 244 Å². The summed E-state index contributed by atoms with van der Waals surface area (Å²) in [5, 5.41) is 9.88. The maximum absolute atomic E-state index is 13.2. The van der Waals surface area contributed by atoms with E-state index in [4.69, 9.17) is 14.6 Å². The number of halogens is 1. The second kappa shape index (κ2) is 11.5. The Morgan fingerprint density at radius 3 is 2.24 bits per heavy atom. The van der Waals surface area contributed by atoms with Crippen molar-refractivity contribution in [1.82, 2.24) is 0 Å². The van der Waals surface area contributed by atoms with E-state index in [1.807, 2.05) is 18.2 Å². The highest BCUT2D eigenvalue weighted by molar-refractivity contribution is 9.10. The Morgan fingerprint density at radius 1 is 0.805 bits per heavy atom. The Balaban J connectivity index is 1.42. The van der Waals surface area contributed by atoms with Crippen LogP contribution in [0.3, 0.4) is 0 Å². The lowest BCUT2D eigenvalue weighted by Crippen LogP contribution is -2.14. The molecule has 8 nitrogen and oxygen atoms in total. The van der Waals surface area contributed by atoms with Gasteiger partial charge in [0.05, 0.1) is 17.7 Å². The van der Waals surface area contributed by atoms with Crippen molar-refractivity contribution in [3.8, 4) is 22.6 Å². The fraction of sp³-hybridized carbons (Fsp3) is 0.0323. The van der Waals surface area contributed by atoms with Crippen molar-refractivity contribution < 1.29 is 27.5 Å². The summed E-state index contributed by atoms with van der Waals surface area (Å²) in [7, 11) is -2.63. The number of hydrogen-bond acceptors (Lipinski definition) is 6. The number of methoxy groups -OCH3 is 1. The Kier molecular flexibility index (Phi) is 7.89. The lowest BCUT2D eigenvalue weighted by molar-refractivity contribution is 0.0598. The molecule has 0 fully saturated rings. The predicted octanol–water partition coefficient (Wildman–Crippen LogP) is 6.75. The molecular formula is C31H23BrN2O6S. The highest BCUT2D eigenvalue weighted by Gasteiger charge is 2.19. The largest absolute Gasteiger partial charge is 0.465 e. The van der Waals surface area contributed by atoms with Gasteiger partial charge in [-0.2, -0.15) is 0 Å². The lowest BCUT2D eigenvalue weighted by Gasteiger charge is -2.15. The van der Waals surface area contributed by atoms with Gasteiger partial charge < -0.3 is 14.8 Å². The van der Waals surface area contributed by atoms with E-state index >= 15 is 0 Å². The molecule has 0 saturated heterocycles. The molecular weight excluding hydrogens is 608 g/mol. The third-order valence-corrected chi connectivity index (χ3v) is 7.78. The van der Waals surface area contributed by atoms with Crippen molar-refractivity contribution >= 4 is 54.3 Å². The maximum atomic E-state index is 13.2. The number of esters is 1. The molecule has 0 radical (unpaired) electrons. The fourth-order valence-corrected chi connectivity index (χ4v) is 5.47. The molecule has 0 aliphatic carbocycles. The van der Waals surface area contributed by atoms with Crippen LogP contribution < -0.4 is 15.2 Å². The third kappa shape index (κ3) is 6.14. The second-order valence-corrected chi connectivity index (χ2v) is 11.4. The Bertz CT molecular complexity index is 1910. The molecule has 10 heteroatoms. The number of anilines is 1. The average Bonchev–Trinajstić information content (AvgIpc) is 2.97. The van der Waals surface area contributed by atoms with Crippen LogP contribution in [0.2, 0.25) is 0 Å². The first-order valence-electron chi connectivity index (χ1n) is 12.3. The summed E-state index contributed by atoms with van der Waals surface area (Å²) in [6.45, 7) is 0. The molecule has 3 N–H and O–H groups in total. The van der Waals surface area contributed by atoms with Crippen molar-refractivity contribution in [1.29, 1.82) is 0 Å². The number of ether oxygens (including phenoxy) is 2. The lowest BCUT2D eigenvalue weighted by atomic mass is 10.0. The van der Waals surface area contributed by atoms with Gasteiger partial charge in [-0.3, -0.25) is 4.79 Å². The van der Waals surface area contributed by atoms with Gasteiger partial charge >= 0.3 is 5.97 Å². The molecule has 5 aromatic carbocycles. The molecule has 0 aromatic heterocycles. The molecule has 0 saturated carbocycles. The van der Waals surface area contributed by atoms with E-state index in [9.17, 15) is 18.0 Å². The van der Waals surface area contributed by atoms with E-state index in [1.165, 1.54) is 13.2 Å². The van der Waals surface area contributed by atoms with Crippen molar-refractivity contribution in [2.24, 2.45) is 5.14 Å². The van der Waals surface area contributed by atoms with Gasteiger partial charge in [-0.25, -0.2) is 18.4 Å². The number of carbonyl (C=O) groups is 2. The minimum absolute atomic E-state index is 0.00377. The standard InChI is InChI=1S/C31H23BrN2O6S/c1-39-31(36)25-17-22-16-23(32)15-14-21(22)18-28(25)40-27-8-4-3-7-26(27)34-30(35)20-12-10-19(11-13-20)24-6-2-5-9-29(24)41(33,37)38/h2-18H,1H3,(H,34,35)(H2,33,37,38). The predicted molar refractivity (Wildman–Crippen MR) is 161 cm³/mol. The van der Waals surface area contributed by atoms with Crippen LogP contribution in [0.4, 0.5) is 5.69 Å². The van der Waals surface area contributed by atoms with Crippen LogP contribution in [0.1, 0.15) is 20.7 Å². The number of rotatable bonds is 7. The summed E-state index contributed by atoms with van der Waals surface area (Å²) in [5.74, 6) is -0.385. The first-order valence-corrected chi connectivity index (χ1v) is 14.6. The minimum Gasteiger partial charge on any atom is -0.465 e. The SMILES string of the molecule is COC(=O)c1cc2cc(Br)ccc2cc1Oc1ccccc1NC(=O)c1ccc(-c2ccccc2S(N)(=O)=O)cc1. The molecule has 0 aliphatic rings. The third-order valence-electron chi connectivity index (χ3n) is 6.31.